The smallest absolute Gasteiger partial charge is 0.202 e. The topological polar surface area (TPSA) is 78.0 Å². The van der Waals surface area contributed by atoms with Gasteiger partial charge >= 0.3 is 0 Å². The Morgan fingerprint density at radius 1 is 1.31 bits per heavy atom. The standard InChI is InChI=1S/C11H11N3O2/c12-4-3-8-6-14(7-13-8)10-5-9(15)1-2-11(10)16/h1-2,5-7H,3-4,12H2. The van der Waals surface area contributed by atoms with Crippen LogP contribution in [0.1, 0.15) is 5.69 Å². The number of nitrogens with zero attached hydrogens (tertiary/aromatic N) is 2. The average molecular weight is 217 g/mol. The van der Waals surface area contributed by atoms with Gasteiger partial charge in [-0.05, 0) is 18.7 Å². The molecule has 0 unspecified atom stereocenters. The van der Waals surface area contributed by atoms with Crippen molar-refractivity contribution >= 4 is 17.3 Å². The van der Waals surface area contributed by atoms with Gasteiger partial charge in [0.1, 0.15) is 0 Å². The van der Waals surface area contributed by atoms with Gasteiger partial charge in [-0.15, -0.1) is 0 Å². The van der Waals surface area contributed by atoms with Gasteiger partial charge in [0.05, 0.1) is 17.7 Å². The molecule has 1 aromatic heterocycles. The molecule has 0 amide bonds. The summed E-state index contributed by atoms with van der Waals surface area (Å²) >= 11 is 0. The number of imidazole rings is 1. The molecule has 2 N–H and O–H groups in total. The van der Waals surface area contributed by atoms with Crippen LogP contribution in [0.4, 0.5) is 0 Å². The van der Waals surface area contributed by atoms with Crippen molar-refractivity contribution in [3.8, 4) is 0 Å². The Bertz CT molecular complexity index is 497. The Labute approximate surface area is 92.3 Å². The lowest BCUT2D eigenvalue weighted by Crippen LogP contribution is -2.11. The lowest BCUT2D eigenvalue weighted by Gasteiger charge is -2.06. The maximum absolute atomic E-state index is 11.5. The van der Waals surface area contributed by atoms with E-state index < -0.39 is 0 Å². The fraction of sp³-hybridized carbons (Fsp3) is 0.182. The van der Waals surface area contributed by atoms with Gasteiger partial charge in [0.2, 0.25) is 5.78 Å². The van der Waals surface area contributed by atoms with Crippen molar-refractivity contribution in [3.05, 3.63) is 36.4 Å². The summed E-state index contributed by atoms with van der Waals surface area (Å²) in [6.45, 7) is 0.503. The first-order chi connectivity index (χ1) is 7.70. The highest BCUT2D eigenvalue weighted by molar-refractivity contribution is 6.30. The Balaban J connectivity index is 2.29. The van der Waals surface area contributed by atoms with E-state index in [9.17, 15) is 9.59 Å². The number of aromatic nitrogens is 2. The van der Waals surface area contributed by atoms with E-state index in [2.05, 4.69) is 4.98 Å². The van der Waals surface area contributed by atoms with E-state index >= 15 is 0 Å². The summed E-state index contributed by atoms with van der Waals surface area (Å²) in [5, 5.41) is 0. The molecule has 0 aromatic carbocycles. The van der Waals surface area contributed by atoms with Crippen LogP contribution in [0.15, 0.2) is 30.8 Å². The second-order valence-corrected chi connectivity index (χ2v) is 3.44. The van der Waals surface area contributed by atoms with Crippen molar-refractivity contribution < 1.29 is 9.59 Å². The van der Waals surface area contributed by atoms with Crippen LogP contribution in [0, 0.1) is 0 Å². The number of hydrogen-bond donors (Lipinski definition) is 1. The molecule has 16 heavy (non-hydrogen) atoms. The van der Waals surface area contributed by atoms with E-state index in [0.29, 0.717) is 18.7 Å². The molecule has 0 spiro atoms. The summed E-state index contributed by atoms with van der Waals surface area (Å²) in [5.41, 5.74) is 6.53. The van der Waals surface area contributed by atoms with Crippen molar-refractivity contribution in [3.63, 3.8) is 0 Å². The van der Waals surface area contributed by atoms with Gasteiger partial charge in [0.25, 0.3) is 0 Å². The predicted molar refractivity (Wildman–Crippen MR) is 58.4 cm³/mol. The third-order valence-electron chi connectivity index (χ3n) is 2.25. The summed E-state index contributed by atoms with van der Waals surface area (Å²) in [6, 6.07) is 0. The predicted octanol–water partition coefficient (Wildman–Crippen LogP) is -0.0668. The zero-order chi connectivity index (χ0) is 11.5. The van der Waals surface area contributed by atoms with Crippen molar-refractivity contribution in [1.29, 1.82) is 0 Å². The molecule has 2 rings (SSSR count). The van der Waals surface area contributed by atoms with Gasteiger partial charge in [-0.3, -0.25) is 9.59 Å². The van der Waals surface area contributed by atoms with Crippen molar-refractivity contribution in [2.24, 2.45) is 5.73 Å². The molecule has 0 saturated carbocycles. The molecule has 0 fully saturated rings. The molecule has 82 valence electrons. The zero-order valence-corrected chi connectivity index (χ0v) is 8.59. The molecule has 0 aliphatic heterocycles. The highest BCUT2D eigenvalue weighted by atomic mass is 16.1. The number of nitrogens with two attached hydrogens (primary N) is 1. The molecule has 1 aliphatic carbocycles. The second-order valence-electron chi connectivity index (χ2n) is 3.44. The molecular formula is C11H11N3O2. The number of rotatable bonds is 3. The summed E-state index contributed by atoms with van der Waals surface area (Å²) in [7, 11) is 0. The molecule has 0 radical (unpaired) electrons. The molecule has 0 bridgehead atoms. The van der Waals surface area contributed by atoms with Crippen LogP contribution in [0.5, 0.6) is 0 Å². The minimum absolute atomic E-state index is 0.191. The lowest BCUT2D eigenvalue weighted by atomic mass is 10.1. The summed E-state index contributed by atoms with van der Waals surface area (Å²) < 4.78 is 1.55. The van der Waals surface area contributed by atoms with Crippen molar-refractivity contribution in [2.45, 2.75) is 6.42 Å². The van der Waals surface area contributed by atoms with Crippen molar-refractivity contribution in [2.75, 3.05) is 6.54 Å². The molecule has 1 heterocycles. The first kappa shape index (κ1) is 10.5. The first-order valence-corrected chi connectivity index (χ1v) is 4.92. The van der Waals surface area contributed by atoms with Gasteiger partial charge in [-0.1, -0.05) is 0 Å². The lowest BCUT2D eigenvalue weighted by molar-refractivity contribution is -0.113. The number of carbonyl (C=O) groups is 2. The van der Waals surface area contributed by atoms with Gasteiger partial charge in [-0.25, -0.2) is 4.98 Å². The van der Waals surface area contributed by atoms with Crippen LogP contribution in [0.25, 0.3) is 5.70 Å². The number of ketones is 2. The fourth-order valence-electron chi connectivity index (χ4n) is 1.47. The van der Waals surface area contributed by atoms with E-state index in [0.717, 1.165) is 5.69 Å². The molecular weight excluding hydrogens is 206 g/mol. The number of hydrogen-bond acceptors (Lipinski definition) is 4. The Kier molecular flexibility index (Phi) is 2.78. The van der Waals surface area contributed by atoms with E-state index in [1.54, 1.807) is 10.8 Å². The first-order valence-electron chi connectivity index (χ1n) is 4.92. The monoisotopic (exact) mass is 217 g/mol. The van der Waals surface area contributed by atoms with Crippen LogP contribution in [-0.4, -0.2) is 27.7 Å². The van der Waals surface area contributed by atoms with Crippen molar-refractivity contribution in [1.82, 2.24) is 9.55 Å². The molecule has 5 nitrogen and oxygen atoms in total. The Hall–Kier alpha value is -2.01. The highest BCUT2D eigenvalue weighted by Crippen LogP contribution is 2.12. The highest BCUT2D eigenvalue weighted by Gasteiger charge is 2.15. The molecule has 5 heteroatoms. The second kappa shape index (κ2) is 4.24. The van der Waals surface area contributed by atoms with E-state index in [4.69, 9.17) is 5.73 Å². The van der Waals surface area contributed by atoms with Crippen LogP contribution < -0.4 is 5.73 Å². The summed E-state index contributed by atoms with van der Waals surface area (Å²) in [5.74, 6) is -0.389. The molecule has 1 aromatic rings. The fourth-order valence-corrected chi connectivity index (χ4v) is 1.47. The normalized spacial score (nSPS) is 15.4. The minimum atomic E-state index is -0.198. The third kappa shape index (κ3) is 1.99. The Morgan fingerprint density at radius 3 is 2.88 bits per heavy atom. The summed E-state index contributed by atoms with van der Waals surface area (Å²) in [4.78, 5) is 26.8. The maximum Gasteiger partial charge on any atom is 0.202 e. The molecule has 1 aliphatic rings. The van der Waals surface area contributed by atoms with Gasteiger partial charge in [-0.2, -0.15) is 0 Å². The van der Waals surface area contributed by atoms with Crippen LogP contribution >= 0.6 is 0 Å². The molecule has 0 saturated heterocycles. The van der Waals surface area contributed by atoms with E-state index in [-0.39, 0.29) is 11.6 Å². The SMILES string of the molecule is NCCc1cn(C2=CC(=O)C=CC2=O)cn1. The minimum Gasteiger partial charge on any atom is -0.330 e. The number of allylic oxidation sites excluding steroid dienone is 4. The summed E-state index contributed by atoms with van der Waals surface area (Å²) in [6.07, 6.45) is 7.70. The van der Waals surface area contributed by atoms with E-state index in [1.807, 2.05) is 0 Å². The largest absolute Gasteiger partial charge is 0.330 e. The average Bonchev–Trinajstić information content (AvgIpc) is 2.71. The van der Waals surface area contributed by atoms with Gasteiger partial charge in [0.15, 0.2) is 5.78 Å². The van der Waals surface area contributed by atoms with Gasteiger partial charge in [0, 0.05) is 18.7 Å². The molecule has 0 atom stereocenters. The van der Waals surface area contributed by atoms with Gasteiger partial charge < -0.3 is 10.3 Å². The quantitative estimate of drug-likeness (QED) is 0.719. The number of carbonyl (C=O) groups excluding carboxylic acids is 2. The van der Waals surface area contributed by atoms with E-state index in [1.165, 1.54) is 24.6 Å². The van der Waals surface area contributed by atoms with Crippen LogP contribution in [0.2, 0.25) is 0 Å². The van der Waals surface area contributed by atoms with Crippen LogP contribution in [0.3, 0.4) is 0 Å². The third-order valence-corrected chi connectivity index (χ3v) is 2.25. The zero-order valence-electron chi connectivity index (χ0n) is 8.59. The van der Waals surface area contributed by atoms with Crippen LogP contribution in [-0.2, 0) is 16.0 Å². The maximum atomic E-state index is 11.5. The Morgan fingerprint density at radius 2 is 2.12 bits per heavy atom.